The molecule has 1 unspecified atom stereocenters. The Balaban J connectivity index is 1.46. The van der Waals surface area contributed by atoms with Crippen molar-refractivity contribution in [1.29, 1.82) is 0 Å². The van der Waals surface area contributed by atoms with Crippen LogP contribution in [0.15, 0.2) is 54.6 Å². The van der Waals surface area contributed by atoms with Crippen molar-refractivity contribution >= 4 is 34.9 Å². The third kappa shape index (κ3) is 5.50. The number of non-ortho nitro benzene ring substituents is 1. The largest absolute Gasteiger partial charge is 0.352 e. The number of hydrogen-bond acceptors (Lipinski definition) is 6. The van der Waals surface area contributed by atoms with E-state index in [2.05, 4.69) is 15.5 Å². The number of likely N-dealkylation sites (tertiary alicyclic amines) is 1. The monoisotopic (exact) mass is 508 g/mol. The molecular formula is C26H32N6O5. The molecule has 0 aliphatic carbocycles. The zero-order chi connectivity index (χ0) is 26.6. The predicted octanol–water partition coefficient (Wildman–Crippen LogP) is 3.18. The van der Waals surface area contributed by atoms with E-state index in [0.29, 0.717) is 38.3 Å². The molecule has 37 heavy (non-hydrogen) atoms. The number of anilines is 2. The number of rotatable bonds is 7. The van der Waals surface area contributed by atoms with Crippen molar-refractivity contribution in [3.05, 3.63) is 64.7 Å². The second-order valence-corrected chi connectivity index (χ2v) is 9.54. The molecule has 2 aromatic rings. The highest BCUT2D eigenvalue weighted by Gasteiger charge is 2.54. The maximum absolute atomic E-state index is 13.7. The van der Waals surface area contributed by atoms with Gasteiger partial charge in [0.25, 0.3) is 11.6 Å². The van der Waals surface area contributed by atoms with Gasteiger partial charge in [0.05, 0.1) is 11.6 Å². The van der Waals surface area contributed by atoms with Gasteiger partial charge in [-0.25, -0.2) is 4.79 Å². The third-order valence-electron chi connectivity index (χ3n) is 7.14. The Labute approximate surface area is 215 Å². The Morgan fingerprint density at radius 3 is 2.32 bits per heavy atom. The van der Waals surface area contributed by atoms with E-state index in [1.54, 1.807) is 9.80 Å². The molecule has 0 saturated carbocycles. The Morgan fingerprint density at radius 1 is 1.08 bits per heavy atom. The summed E-state index contributed by atoms with van der Waals surface area (Å²) in [5.74, 6) is -0.293. The standard InChI is InChI=1S/C26H32N6O5/c1-3-19(2)27-23(33)17-30-18-31(21-7-5-4-6-8-21)26(24(30)34)13-15-29(16-14-26)25(35)28-20-9-11-22(12-10-20)32(36)37/h4-12,19H,3,13-18H2,1-2H3,(H,27,33)(H,28,35). The van der Waals surface area contributed by atoms with Gasteiger partial charge in [-0.05, 0) is 50.5 Å². The summed E-state index contributed by atoms with van der Waals surface area (Å²) in [7, 11) is 0. The summed E-state index contributed by atoms with van der Waals surface area (Å²) in [5, 5.41) is 16.6. The lowest BCUT2D eigenvalue weighted by atomic mass is 9.85. The number of para-hydroxylation sites is 1. The van der Waals surface area contributed by atoms with Crippen molar-refractivity contribution in [2.24, 2.45) is 0 Å². The van der Waals surface area contributed by atoms with Crippen LogP contribution in [-0.4, -0.2) is 70.5 Å². The van der Waals surface area contributed by atoms with Crippen molar-refractivity contribution in [3.8, 4) is 0 Å². The van der Waals surface area contributed by atoms with E-state index < -0.39 is 10.5 Å². The molecule has 2 fully saturated rings. The summed E-state index contributed by atoms with van der Waals surface area (Å²) >= 11 is 0. The van der Waals surface area contributed by atoms with Crippen molar-refractivity contribution in [3.63, 3.8) is 0 Å². The first-order chi connectivity index (χ1) is 17.7. The third-order valence-corrected chi connectivity index (χ3v) is 7.14. The van der Waals surface area contributed by atoms with Gasteiger partial charge in [0.2, 0.25) is 5.91 Å². The molecule has 4 amide bonds. The lowest BCUT2D eigenvalue weighted by Crippen LogP contribution is -2.58. The number of carbonyl (C=O) groups excluding carboxylic acids is 3. The summed E-state index contributed by atoms with van der Waals surface area (Å²) in [6.45, 7) is 4.90. The van der Waals surface area contributed by atoms with Crippen LogP contribution < -0.4 is 15.5 Å². The highest BCUT2D eigenvalue weighted by atomic mass is 16.6. The van der Waals surface area contributed by atoms with E-state index in [-0.39, 0.29) is 36.1 Å². The number of piperidine rings is 1. The second kappa shape index (κ2) is 10.9. The minimum atomic E-state index is -0.845. The molecule has 2 aliphatic heterocycles. The lowest BCUT2D eigenvalue weighted by molar-refractivity contribution is -0.384. The quantitative estimate of drug-likeness (QED) is 0.437. The van der Waals surface area contributed by atoms with E-state index in [9.17, 15) is 24.5 Å². The number of nitro groups is 1. The molecule has 0 aromatic heterocycles. The Bertz CT molecular complexity index is 1150. The lowest BCUT2D eigenvalue weighted by Gasteiger charge is -2.43. The molecule has 2 saturated heterocycles. The Kier molecular flexibility index (Phi) is 7.61. The number of urea groups is 1. The Morgan fingerprint density at radius 2 is 1.73 bits per heavy atom. The van der Waals surface area contributed by atoms with Gasteiger partial charge in [-0.3, -0.25) is 19.7 Å². The van der Waals surface area contributed by atoms with Crippen molar-refractivity contribution in [1.82, 2.24) is 15.1 Å². The fourth-order valence-electron chi connectivity index (χ4n) is 4.87. The van der Waals surface area contributed by atoms with Crippen LogP contribution in [0.2, 0.25) is 0 Å². The van der Waals surface area contributed by atoms with E-state index >= 15 is 0 Å². The normalized spacial score (nSPS) is 17.6. The van der Waals surface area contributed by atoms with Gasteiger partial charge in [0, 0.05) is 42.6 Å². The van der Waals surface area contributed by atoms with Gasteiger partial charge in [-0.1, -0.05) is 25.1 Å². The highest BCUT2D eigenvalue weighted by molar-refractivity contribution is 5.97. The fourth-order valence-corrected chi connectivity index (χ4v) is 4.87. The number of hydrogen-bond donors (Lipinski definition) is 2. The van der Waals surface area contributed by atoms with Crippen molar-refractivity contribution in [2.75, 3.05) is 36.5 Å². The zero-order valence-corrected chi connectivity index (χ0v) is 21.1. The molecule has 2 N–H and O–H groups in total. The average Bonchev–Trinajstić information content (AvgIpc) is 3.15. The molecule has 0 radical (unpaired) electrons. The first-order valence-corrected chi connectivity index (χ1v) is 12.5. The topological polar surface area (TPSA) is 128 Å². The summed E-state index contributed by atoms with van der Waals surface area (Å²) in [4.78, 5) is 54.9. The number of carbonyl (C=O) groups is 3. The van der Waals surface area contributed by atoms with Crippen LogP contribution in [0.1, 0.15) is 33.1 Å². The predicted molar refractivity (Wildman–Crippen MR) is 139 cm³/mol. The molecule has 196 valence electrons. The molecule has 0 bridgehead atoms. The summed E-state index contributed by atoms with van der Waals surface area (Å²) < 4.78 is 0. The van der Waals surface area contributed by atoms with Crippen LogP contribution in [0.5, 0.6) is 0 Å². The SMILES string of the molecule is CCC(C)NC(=O)CN1CN(c2ccccc2)C2(CCN(C(=O)Nc3ccc([N+](=O)[O-])cc3)CC2)C1=O. The van der Waals surface area contributed by atoms with Crippen LogP contribution in [0.3, 0.4) is 0 Å². The van der Waals surface area contributed by atoms with Gasteiger partial charge in [-0.15, -0.1) is 0 Å². The smallest absolute Gasteiger partial charge is 0.321 e. The van der Waals surface area contributed by atoms with Gasteiger partial charge in [0.1, 0.15) is 12.1 Å². The van der Waals surface area contributed by atoms with Crippen LogP contribution in [0.25, 0.3) is 0 Å². The number of benzene rings is 2. The van der Waals surface area contributed by atoms with E-state index in [4.69, 9.17) is 0 Å². The molecular weight excluding hydrogens is 476 g/mol. The van der Waals surface area contributed by atoms with Crippen LogP contribution in [0.4, 0.5) is 21.9 Å². The summed E-state index contributed by atoms with van der Waals surface area (Å²) in [6.07, 6.45) is 1.63. The van der Waals surface area contributed by atoms with Crippen LogP contribution in [-0.2, 0) is 9.59 Å². The van der Waals surface area contributed by atoms with Crippen molar-refractivity contribution in [2.45, 2.75) is 44.7 Å². The Hall–Kier alpha value is -4.15. The summed E-state index contributed by atoms with van der Waals surface area (Å²) in [5.41, 5.74) is 0.449. The first kappa shape index (κ1) is 25.9. The molecule has 4 rings (SSSR count). The zero-order valence-electron chi connectivity index (χ0n) is 21.1. The maximum Gasteiger partial charge on any atom is 0.321 e. The number of nitrogens with zero attached hydrogens (tertiary/aromatic N) is 4. The second-order valence-electron chi connectivity index (χ2n) is 9.54. The highest BCUT2D eigenvalue weighted by Crippen LogP contribution is 2.39. The number of nitrogens with one attached hydrogen (secondary N) is 2. The average molecular weight is 509 g/mol. The number of nitro benzene ring substituents is 1. The molecule has 11 heteroatoms. The molecule has 1 atom stereocenters. The minimum absolute atomic E-state index is 0.0153. The van der Waals surface area contributed by atoms with Crippen molar-refractivity contribution < 1.29 is 19.3 Å². The van der Waals surface area contributed by atoms with Crippen LogP contribution >= 0.6 is 0 Å². The van der Waals surface area contributed by atoms with Gasteiger partial charge < -0.3 is 25.3 Å². The molecule has 1 spiro atoms. The fraction of sp³-hybridized carbons (Fsp3) is 0.423. The molecule has 11 nitrogen and oxygen atoms in total. The number of amides is 4. The van der Waals surface area contributed by atoms with Crippen LogP contribution in [0, 0.1) is 10.1 Å². The summed E-state index contributed by atoms with van der Waals surface area (Å²) in [6, 6.07) is 15.0. The van der Waals surface area contributed by atoms with Gasteiger partial charge in [-0.2, -0.15) is 0 Å². The van der Waals surface area contributed by atoms with Gasteiger partial charge in [0.15, 0.2) is 0 Å². The molecule has 2 heterocycles. The maximum atomic E-state index is 13.7. The minimum Gasteiger partial charge on any atom is -0.352 e. The van der Waals surface area contributed by atoms with Gasteiger partial charge >= 0.3 is 6.03 Å². The first-order valence-electron chi connectivity index (χ1n) is 12.5. The molecule has 2 aliphatic rings. The van der Waals surface area contributed by atoms with E-state index in [1.165, 1.54) is 24.3 Å². The van der Waals surface area contributed by atoms with E-state index in [0.717, 1.165) is 12.1 Å². The molecule has 2 aromatic carbocycles. The van der Waals surface area contributed by atoms with E-state index in [1.807, 2.05) is 44.2 Å².